The van der Waals surface area contributed by atoms with Gasteiger partial charge in [-0.3, -0.25) is 0 Å². The quantitative estimate of drug-likeness (QED) is 0.774. The number of benzene rings is 2. The molecular weight excluding hydrogens is 286 g/mol. The maximum absolute atomic E-state index is 5.38. The number of hydrogen-bond acceptors (Lipinski definition) is 3. The minimum absolute atomic E-state index is 0.669. The van der Waals surface area contributed by atoms with Crippen molar-refractivity contribution in [3.8, 4) is 17.0 Å². The third-order valence-corrected chi connectivity index (χ3v) is 3.96. The molecule has 0 unspecified atom stereocenters. The van der Waals surface area contributed by atoms with Crippen LogP contribution in [0.25, 0.3) is 11.3 Å². The van der Waals surface area contributed by atoms with Gasteiger partial charge in [0.1, 0.15) is 5.75 Å². The molecule has 4 heteroatoms. The van der Waals surface area contributed by atoms with Gasteiger partial charge < -0.3 is 14.6 Å². The van der Waals surface area contributed by atoms with E-state index >= 15 is 0 Å². The van der Waals surface area contributed by atoms with Crippen molar-refractivity contribution in [2.75, 3.05) is 12.4 Å². The van der Waals surface area contributed by atoms with Crippen molar-refractivity contribution in [1.29, 1.82) is 0 Å². The zero-order valence-corrected chi connectivity index (χ0v) is 13.7. The van der Waals surface area contributed by atoms with Gasteiger partial charge in [0, 0.05) is 19.2 Å². The number of methoxy groups -OCH3 is 1. The first-order valence-electron chi connectivity index (χ1n) is 7.63. The molecule has 0 amide bonds. The summed E-state index contributed by atoms with van der Waals surface area (Å²) in [6.07, 6.45) is 1.90. The number of anilines is 1. The van der Waals surface area contributed by atoms with Gasteiger partial charge >= 0.3 is 0 Å². The zero-order chi connectivity index (χ0) is 16.2. The van der Waals surface area contributed by atoms with E-state index in [0.717, 1.165) is 28.5 Å². The van der Waals surface area contributed by atoms with E-state index in [2.05, 4.69) is 52.1 Å². The van der Waals surface area contributed by atoms with E-state index in [1.165, 1.54) is 5.56 Å². The number of ether oxygens (including phenoxy) is 1. The molecule has 1 aromatic heterocycles. The van der Waals surface area contributed by atoms with Crippen molar-refractivity contribution >= 4 is 5.95 Å². The van der Waals surface area contributed by atoms with Crippen molar-refractivity contribution in [2.24, 2.45) is 7.05 Å². The maximum Gasteiger partial charge on any atom is 0.203 e. The third kappa shape index (κ3) is 3.21. The topological polar surface area (TPSA) is 39.1 Å². The molecule has 4 nitrogen and oxygen atoms in total. The molecule has 0 saturated carbocycles. The van der Waals surface area contributed by atoms with Gasteiger partial charge in [-0.25, -0.2) is 4.98 Å². The summed E-state index contributed by atoms with van der Waals surface area (Å²) >= 11 is 0. The molecule has 1 N–H and O–H groups in total. The monoisotopic (exact) mass is 307 g/mol. The Labute approximate surface area is 136 Å². The first kappa shape index (κ1) is 15.2. The lowest BCUT2D eigenvalue weighted by Crippen LogP contribution is -2.06. The van der Waals surface area contributed by atoms with Crippen LogP contribution in [-0.4, -0.2) is 16.7 Å². The Morgan fingerprint density at radius 1 is 1.09 bits per heavy atom. The number of imidazole rings is 1. The number of rotatable bonds is 5. The van der Waals surface area contributed by atoms with Crippen molar-refractivity contribution < 1.29 is 4.74 Å². The number of aryl methyl sites for hydroxylation is 1. The maximum atomic E-state index is 5.38. The molecule has 0 spiro atoms. The lowest BCUT2D eigenvalue weighted by Gasteiger charge is -2.11. The Hall–Kier alpha value is -2.75. The second-order valence-electron chi connectivity index (χ2n) is 5.56. The molecule has 0 radical (unpaired) electrons. The van der Waals surface area contributed by atoms with Gasteiger partial charge in [-0.15, -0.1) is 0 Å². The number of hydrogen-bond donors (Lipinski definition) is 1. The van der Waals surface area contributed by atoms with Crippen LogP contribution in [0.4, 0.5) is 5.95 Å². The van der Waals surface area contributed by atoms with Crippen molar-refractivity contribution in [3.63, 3.8) is 0 Å². The van der Waals surface area contributed by atoms with Gasteiger partial charge in [-0.05, 0) is 18.6 Å². The van der Waals surface area contributed by atoms with Crippen LogP contribution in [0.3, 0.4) is 0 Å². The van der Waals surface area contributed by atoms with Crippen molar-refractivity contribution in [2.45, 2.75) is 13.5 Å². The van der Waals surface area contributed by atoms with Gasteiger partial charge in [-0.2, -0.15) is 0 Å². The Morgan fingerprint density at radius 3 is 2.57 bits per heavy atom. The summed E-state index contributed by atoms with van der Waals surface area (Å²) in [4.78, 5) is 4.50. The van der Waals surface area contributed by atoms with E-state index in [9.17, 15) is 0 Å². The van der Waals surface area contributed by atoms with Crippen LogP contribution in [0.2, 0.25) is 0 Å². The lowest BCUT2D eigenvalue weighted by molar-refractivity contribution is 0.410. The zero-order valence-electron chi connectivity index (χ0n) is 13.7. The highest BCUT2D eigenvalue weighted by Crippen LogP contribution is 2.23. The van der Waals surface area contributed by atoms with Crippen molar-refractivity contribution in [3.05, 3.63) is 65.9 Å². The summed E-state index contributed by atoms with van der Waals surface area (Å²) in [5, 5.41) is 3.38. The van der Waals surface area contributed by atoms with Gasteiger partial charge in [0.15, 0.2) is 0 Å². The molecule has 1 heterocycles. The average Bonchev–Trinajstić information content (AvgIpc) is 2.95. The largest absolute Gasteiger partial charge is 0.496 e. The highest BCUT2D eigenvalue weighted by molar-refractivity contribution is 5.62. The summed E-state index contributed by atoms with van der Waals surface area (Å²) in [5.41, 5.74) is 4.61. The molecular formula is C19H21N3O. The van der Waals surface area contributed by atoms with Crippen LogP contribution < -0.4 is 10.1 Å². The smallest absolute Gasteiger partial charge is 0.203 e. The van der Waals surface area contributed by atoms with Gasteiger partial charge in [0.25, 0.3) is 0 Å². The van der Waals surface area contributed by atoms with E-state index in [1.54, 1.807) is 7.11 Å². The van der Waals surface area contributed by atoms with Crippen LogP contribution in [0.5, 0.6) is 5.75 Å². The summed E-state index contributed by atoms with van der Waals surface area (Å²) in [7, 11) is 3.71. The van der Waals surface area contributed by atoms with E-state index in [1.807, 2.05) is 31.4 Å². The van der Waals surface area contributed by atoms with Crippen molar-refractivity contribution in [1.82, 2.24) is 9.55 Å². The van der Waals surface area contributed by atoms with E-state index in [-0.39, 0.29) is 0 Å². The molecule has 118 valence electrons. The number of aromatic nitrogens is 2. The van der Waals surface area contributed by atoms with Gasteiger partial charge in [-0.1, -0.05) is 48.0 Å². The summed E-state index contributed by atoms with van der Waals surface area (Å²) in [5.74, 6) is 1.72. The average molecular weight is 307 g/mol. The molecule has 0 atom stereocenters. The molecule has 3 rings (SSSR count). The normalized spacial score (nSPS) is 10.6. The Kier molecular flexibility index (Phi) is 4.33. The fourth-order valence-corrected chi connectivity index (χ4v) is 2.59. The molecule has 2 aromatic carbocycles. The van der Waals surface area contributed by atoms with E-state index in [0.29, 0.717) is 6.54 Å². The third-order valence-electron chi connectivity index (χ3n) is 3.96. The molecule has 0 aliphatic rings. The molecule has 0 aliphatic carbocycles. The minimum atomic E-state index is 0.669. The Balaban J connectivity index is 1.78. The second kappa shape index (κ2) is 6.57. The molecule has 0 fully saturated rings. The number of nitrogens with one attached hydrogen (secondary N) is 1. The number of nitrogens with zero attached hydrogens (tertiary/aromatic N) is 2. The Morgan fingerprint density at radius 2 is 1.83 bits per heavy atom. The van der Waals surface area contributed by atoms with E-state index in [4.69, 9.17) is 4.74 Å². The summed E-state index contributed by atoms with van der Waals surface area (Å²) in [6, 6.07) is 16.5. The van der Waals surface area contributed by atoms with Crippen LogP contribution in [0.1, 0.15) is 11.1 Å². The standard InChI is InChI=1S/C19H21N3O/c1-14-8-10-15(11-9-14)17-13-21-19(22(17)2)20-12-16-6-4-5-7-18(16)23-3/h4-11,13H,12H2,1-3H3,(H,20,21). The Bertz CT molecular complexity index is 791. The minimum Gasteiger partial charge on any atom is -0.496 e. The summed E-state index contributed by atoms with van der Waals surface area (Å²) < 4.78 is 7.45. The van der Waals surface area contributed by atoms with E-state index < -0.39 is 0 Å². The number of para-hydroxylation sites is 1. The van der Waals surface area contributed by atoms with Crippen LogP contribution in [0.15, 0.2) is 54.7 Å². The molecule has 0 bridgehead atoms. The van der Waals surface area contributed by atoms with Gasteiger partial charge in [0.2, 0.25) is 5.95 Å². The fourth-order valence-electron chi connectivity index (χ4n) is 2.59. The highest BCUT2D eigenvalue weighted by atomic mass is 16.5. The molecule has 0 aliphatic heterocycles. The molecule has 3 aromatic rings. The van der Waals surface area contributed by atoms with Crippen LogP contribution in [-0.2, 0) is 13.6 Å². The SMILES string of the molecule is COc1ccccc1CNc1ncc(-c2ccc(C)cc2)n1C. The second-order valence-corrected chi connectivity index (χ2v) is 5.56. The fraction of sp³-hybridized carbons (Fsp3) is 0.211. The first-order valence-corrected chi connectivity index (χ1v) is 7.63. The predicted octanol–water partition coefficient (Wildman–Crippen LogP) is 4.02. The highest BCUT2D eigenvalue weighted by Gasteiger charge is 2.09. The molecule has 23 heavy (non-hydrogen) atoms. The molecule has 0 saturated heterocycles. The van der Waals surface area contributed by atoms with Gasteiger partial charge in [0.05, 0.1) is 19.0 Å². The predicted molar refractivity (Wildman–Crippen MR) is 93.7 cm³/mol. The van der Waals surface area contributed by atoms with Crippen LogP contribution >= 0.6 is 0 Å². The summed E-state index contributed by atoms with van der Waals surface area (Å²) in [6.45, 7) is 2.76. The first-order chi connectivity index (χ1) is 11.2. The lowest BCUT2D eigenvalue weighted by atomic mass is 10.1. The van der Waals surface area contributed by atoms with Crippen LogP contribution in [0, 0.1) is 6.92 Å².